The van der Waals surface area contributed by atoms with Crippen molar-refractivity contribution < 1.29 is 9.59 Å². The summed E-state index contributed by atoms with van der Waals surface area (Å²) in [6.07, 6.45) is 1.07. The largest absolute Gasteiger partial charge is 0.350 e. The average molecular weight is 404 g/mol. The molecule has 0 bridgehead atoms. The maximum Gasteiger partial charge on any atom is 0.251 e. The van der Waals surface area contributed by atoms with Crippen LogP contribution in [0.25, 0.3) is 0 Å². The van der Waals surface area contributed by atoms with Gasteiger partial charge in [0.05, 0.1) is 6.42 Å². The number of nitrogens with one attached hydrogen (secondary N) is 3. The summed E-state index contributed by atoms with van der Waals surface area (Å²) in [6, 6.07) is 14.1. The van der Waals surface area contributed by atoms with Gasteiger partial charge in [0.15, 0.2) is 5.11 Å². The second-order valence-electron chi connectivity index (χ2n) is 6.17. The molecule has 0 heterocycles. The molecule has 0 saturated heterocycles. The highest BCUT2D eigenvalue weighted by molar-refractivity contribution is 7.80. The van der Waals surface area contributed by atoms with E-state index in [9.17, 15) is 9.59 Å². The molecular weight excluding hydrogens is 382 g/mol. The van der Waals surface area contributed by atoms with Gasteiger partial charge in [-0.2, -0.15) is 0 Å². The van der Waals surface area contributed by atoms with Crippen molar-refractivity contribution in [3.63, 3.8) is 0 Å². The fourth-order valence-corrected chi connectivity index (χ4v) is 2.59. The molecule has 2 aromatic carbocycles. The molecule has 2 rings (SSSR count). The highest BCUT2D eigenvalue weighted by atomic mass is 35.5. The smallest absolute Gasteiger partial charge is 0.251 e. The van der Waals surface area contributed by atoms with Gasteiger partial charge in [-0.1, -0.05) is 30.7 Å². The number of carbonyl (C=O) groups is 2. The molecule has 1 atom stereocenters. The summed E-state index contributed by atoms with van der Waals surface area (Å²) in [5.41, 5.74) is 2.10. The van der Waals surface area contributed by atoms with Crippen LogP contribution in [0.2, 0.25) is 5.02 Å². The van der Waals surface area contributed by atoms with Crippen LogP contribution in [-0.2, 0) is 11.2 Å². The number of amides is 2. The molecule has 0 saturated carbocycles. The number of halogens is 1. The van der Waals surface area contributed by atoms with E-state index in [4.69, 9.17) is 23.8 Å². The third-order valence-electron chi connectivity index (χ3n) is 3.93. The van der Waals surface area contributed by atoms with Gasteiger partial charge in [0, 0.05) is 22.3 Å². The number of anilines is 1. The van der Waals surface area contributed by atoms with Crippen LogP contribution in [-0.4, -0.2) is 23.0 Å². The minimum Gasteiger partial charge on any atom is -0.350 e. The van der Waals surface area contributed by atoms with Crippen molar-refractivity contribution in [3.05, 3.63) is 64.7 Å². The highest BCUT2D eigenvalue weighted by Crippen LogP contribution is 2.11. The Labute approximate surface area is 169 Å². The summed E-state index contributed by atoms with van der Waals surface area (Å²) in [5.74, 6) is -0.339. The molecule has 3 N–H and O–H groups in total. The Morgan fingerprint density at radius 3 is 2.30 bits per heavy atom. The molecule has 0 fully saturated rings. The molecule has 0 spiro atoms. The molecule has 2 aromatic rings. The Balaban J connectivity index is 1.85. The normalized spacial score (nSPS) is 11.4. The summed E-state index contributed by atoms with van der Waals surface area (Å²) >= 11 is 11.0. The lowest BCUT2D eigenvalue weighted by Gasteiger charge is -2.12. The summed E-state index contributed by atoms with van der Waals surface area (Å²) in [5, 5.41) is 9.30. The predicted octanol–water partition coefficient (Wildman–Crippen LogP) is 3.92. The van der Waals surface area contributed by atoms with Crippen molar-refractivity contribution in [2.75, 3.05) is 5.32 Å². The van der Waals surface area contributed by atoms with Gasteiger partial charge in [-0.15, -0.1) is 0 Å². The Bertz CT molecular complexity index is 807. The zero-order valence-corrected chi connectivity index (χ0v) is 16.8. The van der Waals surface area contributed by atoms with Gasteiger partial charge in [-0.05, 0) is 67.5 Å². The first-order valence-electron chi connectivity index (χ1n) is 8.63. The molecule has 2 amide bonds. The predicted molar refractivity (Wildman–Crippen MR) is 113 cm³/mol. The van der Waals surface area contributed by atoms with Crippen LogP contribution in [0.3, 0.4) is 0 Å². The van der Waals surface area contributed by atoms with Crippen LogP contribution >= 0.6 is 23.8 Å². The third-order valence-corrected chi connectivity index (χ3v) is 4.38. The van der Waals surface area contributed by atoms with E-state index in [1.165, 1.54) is 0 Å². The van der Waals surface area contributed by atoms with Crippen LogP contribution in [0.15, 0.2) is 48.5 Å². The second kappa shape index (κ2) is 10.0. The minimum atomic E-state index is -0.223. The number of hydrogen-bond acceptors (Lipinski definition) is 3. The van der Waals surface area contributed by atoms with Crippen LogP contribution in [0.1, 0.15) is 36.2 Å². The zero-order valence-electron chi connectivity index (χ0n) is 15.2. The van der Waals surface area contributed by atoms with E-state index in [1.54, 1.807) is 48.5 Å². The molecule has 0 radical (unpaired) electrons. The fourth-order valence-electron chi connectivity index (χ4n) is 2.23. The SMILES string of the molecule is CCC(C)NC(=O)c1ccc(NC(=S)NC(=O)Cc2ccc(Cl)cc2)cc1. The Morgan fingerprint density at radius 2 is 1.70 bits per heavy atom. The monoisotopic (exact) mass is 403 g/mol. The van der Waals surface area contributed by atoms with Gasteiger partial charge in [0.2, 0.25) is 5.91 Å². The van der Waals surface area contributed by atoms with Crippen molar-refractivity contribution in [2.24, 2.45) is 0 Å². The standard InChI is InChI=1S/C20H22ClN3O2S/c1-3-13(2)22-19(26)15-6-10-17(11-7-15)23-20(27)24-18(25)12-14-4-8-16(21)9-5-14/h4-11,13H,3,12H2,1-2H3,(H,22,26)(H2,23,24,25,27). The summed E-state index contributed by atoms with van der Waals surface area (Å²) < 4.78 is 0. The van der Waals surface area contributed by atoms with Crippen LogP contribution in [0.4, 0.5) is 5.69 Å². The fraction of sp³-hybridized carbons (Fsp3) is 0.250. The first-order valence-corrected chi connectivity index (χ1v) is 9.42. The number of carbonyl (C=O) groups excluding carboxylic acids is 2. The van der Waals surface area contributed by atoms with Gasteiger partial charge in [-0.25, -0.2) is 0 Å². The average Bonchev–Trinajstić information content (AvgIpc) is 2.63. The van der Waals surface area contributed by atoms with Crippen molar-refractivity contribution in [3.8, 4) is 0 Å². The number of thiocarbonyl (C=S) groups is 1. The Kier molecular flexibility index (Phi) is 7.76. The molecular formula is C20H22ClN3O2S. The van der Waals surface area contributed by atoms with Crippen molar-refractivity contribution in [2.45, 2.75) is 32.7 Å². The lowest BCUT2D eigenvalue weighted by Crippen LogP contribution is -2.35. The molecule has 5 nitrogen and oxygen atoms in total. The summed E-state index contributed by atoms with van der Waals surface area (Å²) in [4.78, 5) is 24.1. The van der Waals surface area contributed by atoms with Crippen LogP contribution in [0.5, 0.6) is 0 Å². The van der Waals surface area contributed by atoms with Crippen molar-refractivity contribution >= 4 is 46.4 Å². The van der Waals surface area contributed by atoms with E-state index >= 15 is 0 Å². The summed E-state index contributed by atoms with van der Waals surface area (Å²) in [6.45, 7) is 3.97. The molecule has 0 aliphatic heterocycles. The second-order valence-corrected chi connectivity index (χ2v) is 7.01. The zero-order chi connectivity index (χ0) is 19.8. The lowest BCUT2D eigenvalue weighted by molar-refractivity contribution is -0.119. The van der Waals surface area contributed by atoms with Crippen LogP contribution < -0.4 is 16.0 Å². The molecule has 0 aromatic heterocycles. The van der Waals surface area contributed by atoms with E-state index in [1.807, 2.05) is 13.8 Å². The van der Waals surface area contributed by atoms with Gasteiger partial charge in [0.1, 0.15) is 0 Å². The maximum absolute atomic E-state index is 12.1. The Morgan fingerprint density at radius 1 is 1.07 bits per heavy atom. The van der Waals surface area contributed by atoms with Crippen molar-refractivity contribution in [1.29, 1.82) is 0 Å². The van der Waals surface area contributed by atoms with Gasteiger partial charge in [0.25, 0.3) is 5.91 Å². The first-order chi connectivity index (χ1) is 12.9. The maximum atomic E-state index is 12.1. The molecule has 0 aliphatic rings. The molecule has 0 aliphatic carbocycles. The van der Waals surface area contributed by atoms with E-state index in [0.717, 1.165) is 12.0 Å². The molecule has 142 valence electrons. The van der Waals surface area contributed by atoms with E-state index in [2.05, 4.69) is 16.0 Å². The highest BCUT2D eigenvalue weighted by Gasteiger charge is 2.09. The van der Waals surface area contributed by atoms with Gasteiger partial charge in [-0.3, -0.25) is 9.59 Å². The number of benzene rings is 2. The van der Waals surface area contributed by atoms with Gasteiger partial charge >= 0.3 is 0 Å². The van der Waals surface area contributed by atoms with E-state index < -0.39 is 0 Å². The number of rotatable bonds is 6. The molecule has 1 unspecified atom stereocenters. The molecule has 7 heteroatoms. The van der Waals surface area contributed by atoms with Crippen LogP contribution in [0, 0.1) is 0 Å². The quantitative estimate of drug-likeness (QED) is 0.639. The minimum absolute atomic E-state index is 0.116. The Hall–Kier alpha value is -2.44. The van der Waals surface area contributed by atoms with E-state index in [0.29, 0.717) is 16.3 Å². The summed E-state index contributed by atoms with van der Waals surface area (Å²) in [7, 11) is 0. The lowest BCUT2D eigenvalue weighted by atomic mass is 10.1. The third kappa shape index (κ3) is 7.00. The first kappa shape index (κ1) is 20.9. The molecule has 27 heavy (non-hydrogen) atoms. The van der Waals surface area contributed by atoms with Crippen molar-refractivity contribution in [1.82, 2.24) is 10.6 Å². The topological polar surface area (TPSA) is 70.2 Å². The van der Waals surface area contributed by atoms with Gasteiger partial charge < -0.3 is 16.0 Å². The number of hydrogen-bond donors (Lipinski definition) is 3. The van der Waals surface area contributed by atoms with E-state index in [-0.39, 0.29) is 29.4 Å².